The zero-order valence-corrected chi connectivity index (χ0v) is 12.6. The van der Waals surface area contributed by atoms with E-state index in [-0.39, 0.29) is 82.5 Å². The second-order valence-electron chi connectivity index (χ2n) is 2.33. The summed E-state index contributed by atoms with van der Waals surface area (Å²) in [7, 11) is 0. The van der Waals surface area contributed by atoms with Gasteiger partial charge in [0.2, 0.25) is 0 Å². The Morgan fingerprint density at radius 1 is 0.750 bits per heavy atom. The molecule has 88 valence electrons. The molecule has 0 aromatic heterocycles. The molecule has 3 nitrogen and oxygen atoms in total. The van der Waals surface area contributed by atoms with E-state index in [2.05, 4.69) is 5.32 Å². The van der Waals surface area contributed by atoms with Crippen molar-refractivity contribution in [3.63, 3.8) is 0 Å². The predicted molar refractivity (Wildman–Crippen MR) is 38.2 cm³/mol. The summed E-state index contributed by atoms with van der Waals surface area (Å²) in [4.78, 5) is 21.9. The Bertz CT molecular complexity index is 329. The van der Waals surface area contributed by atoms with Crippen LogP contribution in [0, 0.1) is 0 Å². The van der Waals surface area contributed by atoms with Crippen molar-refractivity contribution >= 4 is 11.8 Å². The maximum absolute atomic E-state index is 10.9. The van der Waals surface area contributed by atoms with E-state index in [4.69, 9.17) is 0 Å². The Balaban J connectivity index is -0.000000144. The summed E-state index contributed by atoms with van der Waals surface area (Å²) in [6.07, 6.45) is 0. The molecule has 0 spiro atoms. The fourth-order valence-electron chi connectivity index (χ4n) is 1.12. The van der Waals surface area contributed by atoms with E-state index in [1.54, 1.807) is 24.3 Å². The molecule has 1 aromatic carbocycles. The third kappa shape index (κ3) is 4.60. The molecule has 8 heteroatoms. The maximum atomic E-state index is 10.9. The average molecular weight is 385 g/mol. The van der Waals surface area contributed by atoms with Gasteiger partial charge in [-0.25, -0.2) is 0 Å². The van der Waals surface area contributed by atoms with Gasteiger partial charge in [0.15, 0.2) is 0 Å². The van der Waals surface area contributed by atoms with Gasteiger partial charge in [0.25, 0.3) is 11.8 Å². The molecular formula is C8H5Cl4MoNO2. The van der Waals surface area contributed by atoms with Crippen LogP contribution in [0.5, 0.6) is 0 Å². The van der Waals surface area contributed by atoms with Gasteiger partial charge >= 0.3 is 21.1 Å². The standard InChI is InChI=1S/C8H5NO2.4ClH.Mo/c10-7-5-3-1-2-4-6(5)8(11)9-7;;;;;/h1-4H,(H,9,10,11);4*1H;/q;;;;;+4/p-4. The minimum absolute atomic E-state index is 0. The molecule has 0 saturated heterocycles. The third-order valence-electron chi connectivity index (χ3n) is 1.64. The van der Waals surface area contributed by atoms with Gasteiger partial charge in [-0.1, -0.05) is 12.1 Å². The molecule has 0 aliphatic carbocycles. The zero-order chi connectivity index (χ0) is 7.84. The molecule has 16 heavy (non-hydrogen) atoms. The number of amides is 2. The van der Waals surface area contributed by atoms with E-state index in [1.165, 1.54) is 0 Å². The van der Waals surface area contributed by atoms with Crippen molar-refractivity contribution in [1.82, 2.24) is 5.32 Å². The Morgan fingerprint density at radius 2 is 1.06 bits per heavy atom. The van der Waals surface area contributed by atoms with Crippen molar-refractivity contribution in [3.05, 3.63) is 35.4 Å². The van der Waals surface area contributed by atoms with Gasteiger partial charge in [-0.3, -0.25) is 14.9 Å². The van der Waals surface area contributed by atoms with E-state index in [0.29, 0.717) is 11.1 Å². The Kier molecular flexibility index (Phi) is 16.3. The van der Waals surface area contributed by atoms with Crippen LogP contribution >= 0.6 is 0 Å². The summed E-state index contributed by atoms with van der Waals surface area (Å²) in [6, 6.07) is 6.74. The first-order chi connectivity index (χ1) is 5.29. The number of imide groups is 1. The molecule has 1 aliphatic rings. The number of halogens is 4. The molecular weight excluding hydrogens is 380 g/mol. The van der Waals surface area contributed by atoms with Crippen LogP contribution in [-0.2, 0) is 21.1 Å². The first kappa shape index (κ1) is 25.2. The molecule has 1 aromatic rings. The molecule has 1 aliphatic heterocycles. The summed E-state index contributed by atoms with van der Waals surface area (Å²) < 4.78 is 0. The number of carbonyl (C=O) groups excluding carboxylic acids is 2. The monoisotopic (exact) mass is 385 g/mol. The fourth-order valence-corrected chi connectivity index (χ4v) is 1.12. The molecule has 2 rings (SSSR count). The van der Waals surface area contributed by atoms with Crippen LogP contribution in [0.25, 0.3) is 0 Å². The molecule has 1 N–H and O–H groups in total. The van der Waals surface area contributed by atoms with Gasteiger partial charge in [-0.2, -0.15) is 0 Å². The third-order valence-corrected chi connectivity index (χ3v) is 1.64. The number of carbonyl (C=O) groups is 2. The first-order valence-electron chi connectivity index (χ1n) is 3.24. The van der Waals surface area contributed by atoms with Crippen LogP contribution in [0.1, 0.15) is 20.7 Å². The van der Waals surface area contributed by atoms with Crippen molar-refractivity contribution in [2.24, 2.45) is 0 Å². The second-order valence-corrected chi connectivity index (χ2v) is 2.33. The van der Waals surface area contributed by atoms with Gasteiger partial charge in [-0.05, 0) is 12.1 Å². The minimum Gasteiger partial charge on any atom is -1.00 e. The topological polar surface area (TPSA) is 46.2 Å². The van der Waals surface area contributed by atoms with E-state index in [0.717, 1.165) is 0 Å². The van der Waals surface area contributed by atoms with E-state index >= 15 is 0 Å². The van der Waals surface area contributed by atoms with Gasteiger partial charge in [-0.15, -0.1) is 0 Å². The van der Waals surface area contributed by atoms with Crippen LogP contribution < -0.4 is 54.9 Å². The smallest absolute Gasteiger partial charge is 1.00 e. The number of rotatable bonds is 0. The number of nitrogens with one attached hydrogen (secondary N) is 1. The Morgan fingerprint density at radius 3 is 1.38 bits per heavy atom. The zero-order valence-electron chi connectivity index (χ0n) is 7.55. The molecule has 0 radical (unpaired) electrons. The van der Waals surface area contributed by atoms with Crippen LogP contribution in [0.15, 0.2) is 24.3 Å². The molecule has 0 fully saturated rings. The van der Waals surface area contributed by atoms with Gasteiger partial charge in [0.05, 0.1) is 11.1 Å². The quantitative estimate of drug-likeness (QED) is 0.357. The van der Waals surface area contributed by atoms with Gasteiger partial charge in [0, 0.05) is 0 Å². The summed E-state index contributed by atoms with van der Waals surface area (Å²) in [6.45, 7) is 0. The maximum Gasteiger partial charge on any atom is 4.00 e. The number of benzene rings is 1. The largest absolute Gasteiger partial charge is 4.00 e. The van der Waals surface area contributed by atoms with Crippen LogP contribution in [-0.4, -0.2) is 11.8 Å². The summed E-state index contributed by atoms with van der Waals surface area (Å²) >= 11 is 0. The van der Waals surface area contributed by atoms with Gasteiger partial charge in [0.1, 0.15) is 0 Å². The minimum atomic E-state index is -0.300. The van der Waals surface area contributed by atoms with Crippen LogP contribution in [0.4, 0.5) is 0 Å². The normalized spacial score (nSPS) is 10.0. The Hall–Kier alpha value is 0.208. The molecule has 2 amide bonds. The Labute approximate surface area is 132 Å². The molecule has 0 saturated carbocycles. The summed E-state index contributed by atoms with van der Waals surface area (Å²) in [5, 5.41) is 2.20. The first-order valence-corrected chi connectivity index (χ1v) is 3.24. The van der Waals surface area contributed by atoms with Crippen molar-refractivity contribution in [2.75, 3.05) is 0 Å². The molecule has 0 bridgehead atoms. The summed E-state index contributed by atoms with van der Waals surface area (Å²) in [5.41, 5.74) is 0.940. The average Bonchev–Trinajstić information content (AvgIpc) is 2.30. The molecule has 1 heterocycles. The molecule has 0 atom stereocenters. The van der Waals surface area contributed by atoms with E-state index < -0.39 is 0 Å². The summed E-state index contributed by atoms with van der Waals surface area (Å²) in [5.74, 6) is -0.601. The number of hydrogen-bond acceptors (Lipinski definition) is 2. The number of fused-ring (bicyclic) bond motifs is 1. The van der Waals surface area contributed by atoms with Gasteiger partial charge < -0.3 is 49.6 Å². The second kappa shape index (κ2) is 10.4. The van der Waals surface area contributed by atoms with Crippen molar-refractivity contribution in [2.45, 2.75) is 0 Å². The van der Waals surface area contributed by atoms with Crippen molar-refractivity contribution in [3.8, 4) is 0 Å². The van der Waals surface area contributed by atoms with Crippen LogP contribution in [0.2, 0.25) is 0 Å². The van der Waals surface area contributed by atoms with Crippen molar-refractivity contribution < 1.29 is 80.3 Å². The SMILES string of the molecule is O=C1NC(=O)c2ccccc21.[Cl-].[Cl-].[Cl-].[Cl-].[Mo+4]. The molecule has 0 unspecified atom stereocenters. The van der Waals surface area contributed by atoms with E-state index in [9.17, 15) is 9.59 Å². The van der Waals surface area contributed by atoms with E-state index in [1.807, 2.05) is 0 Å². The van der Waals surface area contributed by atoms with Crippen LogP contribution in [0.3, 0.4) is 0 Å². The predicted octanol–water partition coefficient (Wildman–Crippen LogP) is -11.4. The van der Waals surface area contributed by atoms with Crippen molar-refractivity contribution in [1.29, 1.82) is 0 Å². The number of hydrogen-bond donors (Lipinski definition) is 1. The fraction of sp³-hybridized carbons (Fsp3) is 0.